The fraction of sp³-hybridized carbons (Fsp3) is 0.267. The van der Waals surface area contributed by atoms with Crippen molar-refractivity contribution in [1.82, 2.24) is 14.5 Å². The summed E-state index contributed by atoms with van der Waals surface area (Å²) in [7, 11) is 3.50. The summed E-state index contributed by atoms with van der Waals surface area (Å²) in [5.41, 5.74) is 1.51. The predicted octanol–water partition coefficient (Wildman–Crippen LogP) is 1.96. The Morgan fingerprint density at radius 3 is 2.62 bits per heavy atom. The fourth-order valence-corrected chi connectivity index (χ4v) is 1.72. The summed E-state index contributed by atoms with van der Waals surface area (Å²) in [5, 5.41) is 0. The topological polar surface area (TPSA) is 50.5 Å². The van der Waals surface area contributed by atoms with Crippen LogP contribution in [0.15, 0.2) is 40.2 Å². The third kappa shape index (κ3) is 3.98. The summed E-state index contributed by atoms with van der Waals surface area (Å²) < 4.78 is 15.1. The number of nitrogens with zero attached hydrogens (tertiary/aromatic N) is 4. The number of aromatic nitrogens is 2. The van der Waals surface area contributed by atoms with Gasteiger partial charge in [-0.25, -0.2) is 14.2 Å². The van der Waals surface area contributed by atoms with Gasteiger partial charge in [0.2, 0.25) is 0 Å². The molecule has 0 N–H and O–H groups in total. The number of hydrogen-bond donors (Lipinski definition) is 0. The molecule has 5 nitrogen and oxygen atoms in total. The average Bonchev–Trinajstić information content (AvgIpc) is 2.43. The van der Waals surface area contributed by atoms with Gasteiger partial charge in [-0.3, -0.25) is 4.57 Å². The van der Waals surface area contributed by atoms with Crippen LogP contribution in [0.25, 0.3) is 0 Å². The van der Waals surface area contributed by atoms with Crippen molar-refractivity contribution in [3.8, 4) is 0 Å². The summed E-state index contributed by atoms with van der Waals surface area (Å²) in [4.78, 5) is 21.0. The predicted molar refractivity (Wildman–Crippen MR) is 80.6 cm³/mol. The van der Waals surface area contributed by atoms with E-state index in [9.17, 15) is 9.18 Å². The molecular weight excluding hydrogens is 271 g/mol. The van der Waals surface area contributed by atoms with Crippen molar-refractivity contribution in [2.45, 2.75) is 13.5 Å². The van der Waals surface area contributed by atoms with Crippen LogP contribution in [-0.2, 0) is 6.54 Å². The molecule has 0 saturated carbocycles. The number of hydrogen-bond acceptors (Lipinski definition) is 3. The third-order valence-electron chi connectivity index (χ3n) is 2.81. The second kappa shape index (κ2) is 6.30. The first kappa shape index (κ1) is 14.9. The molecule has 1 aromatic carbocycles. The Morgan fingerprint density at radius 1 is 1.33 bits per heavy atom. The summed E-state index contributed by atoms with van der Waals surface area (Å²) in [6.45, 7) is 2.26. The van der Waals surface area contributed by atoms with Gasteiger partial charge in [0.1, 0.15) is 0 Å². The van der Waals surface area contributed by atoms with Crippen LogP contribution >= 0.6 is 0 Å². The van der Waals surface area contributed by atoms with E-state index in [1.807, 2.05) is 31.2 Å². The van der Waals surface area contributed by atoms with Gasteiger partial charge in [0.15, 0.2) is 11.6 Å². The maximum atomic E-state index is 13.9. The minimum absolute atomic E-state index is 0.200. The van der Waals surface area contributed by atoms with Crippen molar-refractivity contribution in [3.05, 3.63) is 57.9 Å². The lowest BCUT2D eigenvalue weighted by molar-refractivity contribution is 0.581. The molecule has 1 heterocycles. The van der Waals surface area contributed by atoms with Gasteiger partial charge in [-0.1, -0.05) is 29.8 Å². The molecule has 0 unspecified atom stereocenters. The molecule has 0 aliphatic carbocycles. The molecule has 21 heavy (non-hydrogen) atoms. The highest BCUT2D eigenvalue weighted by molar-refractivity contribution is 5.58. The highest BCUT2D eigenvalue weighted by Gasteiger charge is 2.07. The third-order valence-corrected chi connectivity index (χ3v) is 2.81. The first-order valence-corrected chi connectivity index (χ1v) is 6.49. The number of aryl methyl sites for hydroxylation is 1. The summed E-state index contributed by atoms with van der Waals surface area (Å²) in [5.74, 6) is -0.825. The number of benzene rings is 1. The highest BCUT2D eigenvalue weighted by Crippen LogP contribution is 2.11. The molecule has 1 aromatic heterocycles. The zero-order valence-electron chi connectivity index (χ0n) is 12.2. The number of aliphatic imine (C=N–C) groups is 1. The number of rotatable bonds is 4. The van der Waals surface area contributed by atoms with E-state index in [1.165, 1.54) is 10.9 Å². The molecule has 0 radical (unpaired) electrons. The maximum Gasteiger partial charge on any atom is 0.350 e. The molecule has 0 atom stereocenters. The van der Waals surface area contributed by atoms with Crippen LogP contribution in [0.3, 0.4) is 0 Å². The van der Waals surface area contributed by atoms with E-state index in [2.05, 4.69) is 9.98 Å². The van der Waals surface area contributed by atoms with Crippen LogP contribution in [0, 0.1) is 12.7 Å². The Morgan fingerprint density at radius 2 is 2.00 bits per heavy atom. The van der Waals surface area contributed by atoms with Gasteiger partial charge in [0.25, 0.3) is 0 Å². The van der Waals surface area contributed by atoms with Gasteiger partial charge in [-0.15, -0.1) is 0 Å². The average molecular weight is 288 g/mol. The van der Waals surface area contributed by atoms with Crippen molar-refractivity contribution in [1.29, 1.82) is 0 Å². The molecule has 0 spiro atoms. The van der Waals surface area contributed by atoms with Gasteiger partial charge in [0, 0.05) is 20.3 Å². The van der Waals surface area contributed by atoms with Crippen molar-refractivity contribution in [3.63, 3.8) is 0 Å². The Kier molecular flexibility index (Phi) is 4.47. The van der Waals surface area contributed by atoms with Crippen molar-refractivity contribution < 1.29 is 4.39 Å². The van der Waals surface area contributed by atoms with Crippen LogP contribution in [0.1, 0.15) is 11.1 Å². The molecule has 2 rings (SSSR count). The maximum absolute atomic E-state index is 13.9. The van der Waals surface area contributed by atoms with Crippen LogP contribution in [0.5, 0.6) is 0 Å². The molecule has 0 aliphatic heterocycles. The lowest BCUT2D eigenvalue weighted by atomic mass is 10.1. The quantitative estimate of drug-likeness (QED) is 0.638. The van der Waals surface area contributed by atoms with E-state index in [4.69, 9.17) is 0 Å². The van der Waals surface area contributed by atoms with E-state index in [-0.39, 0.29) is 12.4 Å². The summed E-state index contributed by atoms with van der Waals surface area (Å²) in [6.07, 6.45) is 2.53. The van der Waals surface area contributed by atoms with Gasteiger partial charge in [-0.05, 0) is 12.5 Å². The van der Waals surface area contributed by atoms with Crippen molar-refractivity contribution in [2.75, 3.05) is 14.1 Å². The van der Waals surface area contributed by atoms with Crippen molar-refractivity contribution in [2.24, 2.45) is 4.99 Å². The molecule has 0 fully saturated rings. The van der Waals surface area contributed by atoms with E-state index in [1.54, 1.807) is 19.0 Å². The molecule has 2 aromatic rings. The van der Waals surface area contributed by atoms with E-state index in [0.717, 1.165) is 17.3 Å². The minimum Gasteiger partial charge on any atom is -0.369 e. The largest absolute Gasteiger partial charge is 0.369 e. The normalized spacial score (nSPS) is 11.0. The fourth-order valence-electron chi connectivity index (χ4n) is 1.72. The van der Waals surface area contributed by atoms with Gasteiger partial charge < -0.3 is 4.90 Å². The smallest absolute Gasteiger partial charge is 0.350 e. The molecule has 0 aliphatic rings. The van der Waals surface area contributed by atoms with Gasteiger partial charge in [-0.2, -0.15) is 4.98 Å². The van der Waals surface area contributed by atoms with E-state index < -0.39 is 11.5 Å². The van der Waals surface area contributed by atoms with Crippen LogP contribution in [0.4, 0.5) is 10.2 Å². The molecular formula is C15H17FN4O. The second-order valence-electron chi connectivity index (χ2n) is 5.02. The summed E-state index contributed by atoms with van der Waals surface area (Å²) in [6, 6.07) is 7.69. The Balaban J connectivity index is 2.28. The number of halogens is 1. The Hall–Kier alpha value is -2.50. The first-order valence-electron chi connectivity index (χ1n) is 6.49. The van der Waals surface area contributed by atoms with E-state index in [0.29, 0.717) is 0 Å². The van der Waals surface area contributed by atoms with Gasteiger partial charge in [0.05, 0.1) is 12.9 Å². The second-order valence-corrected chi connectivity index (χ2v) is 5.02. The van der Waals surface area contributed by atoms with Crippen LogP contribution < -0.4 is 5.69 Å². The minimum atomic E-state index is -0.625. The molecule has 110 valence electrons. The molecule has 6 heteroatoms. The Labute approximate surface area is 122 Å². The monoisotopic (exact) mass is 288 g/mol. The molecule has 0 saturated heterocycles. The molecule has 0 amide bonds. The first-order chi connectivity index (χ1) is 9.95. The Bertz CT molecular complexity index is 705. The van der Waals surface area contributed by atoms with Crippen molar-refractivity contribution >= 4 is 12.2 Å². The zero-order valence-corrected chi connectivity index (χ0v) is 12.2. The SMILES string of the molecule is Cc1ccc(Cn2cc(F)c(/N=C/N(C)C)nc2=O)cc1. The van der Waals surface area contributed by atoms with E-state index >= 15 is 0 Å². The van der Waals surface area contributed by atoms with Crippen LogP contribution in [-0.4, -0.2) is 34.9 Å². The molecule has 0 bridgehead atoms. The lowest BCUT2D eigenvalue weighted by Crippen LogP contribution is -2.23. The zero-order chi connectivity index (χ0) is 15.4. The highest BCUT2D eigenvalue weighted by atomic mass is 19.1. The standard InChI is InChI=1S/C15H17FN4O/c1-11-4-6-12(7-5-11)8-20-9-13(16)14(18-15(20)21)17-10-19(2)3/h4-7,9-10H,8H2,1-3H3/b17-10+. The van der Waals surface area contributed by atoms with Crippen LogP contribution in [0.2, 0.25) is 0 Å². The van der Waals surface area contributed by atoms with Gasteiger partial charge >= 0.3 is 5.69 Å². The summed E-state index contributed by atoms with van der Waals surface area (Å²) >= 11 is 0. The lowest BCUT2D eigenvalue weighted by Gasteiger charge is -2.07.